The molecule has 1 aliphatic carbocycles. The second kappa shape index (κ2) is 5.38. The van der Waals surface area contributed by atoms with Gasteiger partial charge in [-0.3, -0.25) is 14.8 Å². The molecular formula is C18H12N2O5S. The molecule has 0 atom stereocenters. The van der Waals surface area contributed by atoms with Gasteiger partial charge in [-0.2, -0.15) is 8.42 Å². The minimum atomic E-state index is -4.33. The number of carbonyl (C=O) groups is 1. The van der Waals surface area contributed by atoms with E-state index in [9.17, 15) is 18.3 Å². The second-order valence-electron chi connectivity index (χ2n) is 5.85. The molecule has 0 spiro atoms. The number of aromatic hydroxyl groups is 1. The van der Waals surface area contributed by atoms with E-state index in [0.29, 0.717) is 16.7 Å². The zero-order chi connectivity index (χ0) is 18.6. The Labute approximate surface area is 148 Å². The predicted octanol–water partition coefficient (Wildman–Crippen LogP) is 2.59. The lowest BCUT2D eigenvalue weighted by Crippen LogP contribution is -2.19. The fourth-order valence-electron chi connectivity index (χ4n) is 3.14. The monoisotopic (exact) mass is 368 g/mol. The Kier molecular flexibility index (Phi) is 3.36. The van der Waals surface area contributed by atoms with Crippen LogP contribution >= 0.6 is 0 Å². The summed E-state index contributed by atoms with van der Waals surface area (Å²) in [7, 11) is -4.33. The Bertz CT molecular complexity index is 1190. The summed E-state index contributed by atoms with van der Waals surface area (Å²) in [6, 6.07) is 11.9. The Morgan fingerprint density at radius 3 is 2.15 bits per heavy atom. The Hall–Kier alpha value is -3.23. The number of hydrogen-bond donors (Lipinski definition) is 4. The highest BCUT2D eigenvalue weighted by atomic mass is 32.2. The van der Waals surface area contributed by atoms with Gasteiger partial charge in [-0.15, -0.1) is 0 Å². The van der Waals surface area contributed by atoms with E-state index in [-0.39, 0.29) is 39.1 Å². The number of hydrogen-bond acceptors (Lipinski definition) is 5. The standard InChI is InChI=1S/C18H12N2O5S/c19-15-11-3-1-2-4-12(11)17(21)14-13(15)18(22)20-16(14)9-5-7-10(8-6-9)26(23,24)25/h1-8,19-20,22H,(H,23,24,25). The maximum Gasteiger partial charge on any atom is 0.294 e. The average Bonchev–Trinajstić information content (AvgIpc) is 2.97. The summed E-state index contributed by atoms with van der Waals surface area (Å²) < 4.78 is 31.4. The first kappa shape index (κ1) is 16.2. The largest absolute Gasteiger partial charge is 0.494 e. The topological polar surface area (TPSA) is 131 Å². The van der Waals surface area contributed by atoms with Crippen molar-refractivity contribution in [3.05, 3.63) is 70.8 Å². The van der Waals surface area contributed by atoms with Crippen LogP contribution in [0.5, 0.6) is 5.88 Å². The van der Waals surface area contributed by atoms with Crippen LogP contribution in [0.15, 0.2) is 53.4 Å². The first-order valence-electron chi connectivity index (χ1n) is 7.55. The van der Waals surface area contributed by atoms with Crippen molar-refractivity contribution in [3.8, 4) is 17.1 Å². The number of H-pyrrole nitrogens is 1. The van der Waals surface area contributed by atoms with Gasteiger partial charge >= 0.3 is 0 Å². The van der Waals surface area contributed by atoms with Crippen molar-refractivity contribution in [2.75, 3.05) is 0 Å². The number of aromatic nitrogens is 1. The number of aromatic amines is 1. The van der Waals surface area contributed by atoms with Crippen LogP contribution in [-0.4, -0.2) is 34.6 Å². The minimum absolute atomic E-state index is 0.0322. The predicted molar refractivity (Wildman–Crippen MR) is 93.5 cm³/mol. The smallest absolute Gasteiger partial charge is 0.294 e. The molecule has 0 unspecified atom stereocenters. The summed E-state index contributed by atoms with van der Waals surface area (Å²) in [5.74, 6) is -0.640. The van der Waals surface area contributed by atoms with Crippen LogP contribution < -0.4 is 0 Å². The lowest BCUT2D eigenvalue weighted by molar-refractivity contribution is 0.103. The molecule has 1 aliphatic rings. The van der Waals surface area contributed by atoms with Gasteiger partial charge in [0.2, 0.25) is 0 Å². The highest BCUT2D eigenvalue weighted by Gasteiger charge is 2.34. The van der Waals surface area contributed by atoms with E-state index in [4.69, 9.17) is 9.96 Å². The first-order chi connectivity index (χ1) is 12.3. The molecule has 1 aromatic heterocycles. The molecule has 0 aliphatic heterocycles. The van der Waals surface area contributed by atoms with Gasteiger partial charge in [0.25, 0.3) is 10.1 Å². The van der Waals surface area contributed by atoms with Crippen LogP contribution in [-0.2, 0) is 10.1 Å². The molecule has 8 heteroatoms. The molecule has 4 rings (SSSR count). The van der Waals surface area contributed by atoms with E-state index < -0.39 is 10.1 Å². The van der Waals surface area contributed by atoms with Crippen LogP contribution in [0, 0.1) is 5.41 Å². The Morgan fingerprint density at radius 1 is 0.923 bits per heavy atom. The molecule has 26 heavy (non-hydrogen) atoms. The molecule has 1 heterocycles. The molecule has 2 aromatic carbocycles. The molecule has 0 radical (unpaired) electrons. The third-order valence-electron chi connectivity index (χ3n) is 4.34. The number of benzene rings is 2. The lowest BCUT2D eigenvalue weighted by atomic mass is 9.84. The normalized spacial score (nSPS) is 13.4. The first-order valence-corrected chi connectivity index (χ1v) is 8.99. The quantitative estimate of drug-likeness (QED) is 0.404. The lowest BCUT2D eigenvalue weighted by Gasteiger charge is -2.17. The molecule has 0 bridgehead atoms. The number of fused-ring (bicyclic) bond motifs is 2. The SMILES string of the molecule is N=C1c2ccccc2C(=O)c2c(-c3ccc(S(=O)(=O)O)cc3)[nH]c(O)c21. The summed E-state index contributed by atoms with van der Waals surface area (Å²) in [5.41, 5.74) is 1.82. The number of rotatable bonds is 2. The maximum atomic E-state index is 12.9. The number of ketones is 1. The van der Waals surface area contributed by atoms with Crippen LogP contribution in [0.1, 0.15) is 27.0 Å². The Balaban J connectivity index is 1.92. The average molecular weight is 368 g/mol. The highest BCUT2D eigenvalue weighted by molar-refractivity contribution is 7.85. The van der Waals surface area contributed by atoms with Crippen molar-refractivity contribution in [3.63, 3.8) is 0 Å². The van der Waals surface area contributed by atoms with Crippen molar-refractivity contribution in [1.82, 2.24) is 4.98 Å². The van der Waals surface area contributed by atoms with Gasteiger partial charge in [-0.1, -0.05) is 36.4 Å². The van der Waals surface area contributed by atoms with Gasteiger partial charge < -0.3 is 10.1 Å². The van der Waals surface area contributed by atoms with Crippen molar-refractivity contribution in [2.45, 2.75) is 4.90 Å². The second-order valence-corrected chi connectivity index (χ2v) is 7.27. The summed E-state index contributed by atoms with van der Waals surface area (Å²) in [4.78, 5) is 15.3. The molecule has 3 aromatic rings. The van der Waals surface area contributed by atoms with E-state index in [1.54, 1.807) is 24.3 Å². The summed E-state index contributed by atoms with van der Waals surface area (Å²) in [5, 5.41) is 18.6. The van der Waals surface area contributed by atoms with Crippen LogP contribution in [0.25, 0.3) is 11.3 Å². The molecule has 0 saturated carbocycles. The van der Waals surface area contributed by atoms with Crippen LogP contribution in [0.3, 0.4) is 0 Å². The van der Waals surface area contributed by atoms with Gasteiger partial charge in [0, 0.05) is 11.1 Å². The summed E-state index contributed by atoms with van der Waals surface area (Å²) in [6.45, 7) is 0. The van der Waals surface area contributed by atoms with Gasteiger partial charge in [0.15, 0.2) is 11.7 Å². The minimum Gasteiger partial charge on any atom is -0.494 e. The maximum absolute atomic E-state index is 12.9. The molecule has 0 fully saturated rings. The fourth-order valence-corrected chi connectivity index (χ4v) is 3.62. The molecule has 4 N–H and O–H groups in total. The van der Waals surface area contributed by atoms with Crippen LogP contribution in [0.4, 0.5) is 0 Å². The van der Waals surface area contributed by atoms with Crippen LogP contribution in [0.2, 0.25) is 0 Å². The number of carbonyl (C=O) groups excluding carboxylic acids is 1. The van der Waals surface area contributed by atoms with Gasteiger partial charge in [-0.05, 0) is 17.7 Å². The van der Waals surface area contributed by atoms with Gasteiger partial charge in [-0.25, -0.2) is 0 Å². The highest BCUT2D eigenvalue weighted by Crippen LogP contribution is 2.39. The molecule has 7 nitrogen and oxygen atoms in total. The van der Waals surface area contributed by atoms with E-state index in [0.717, 1.165) is 0 Å². The van der Waals surface area contributed by atoms with Crippen molar-refractivity contribution in [2.24, 2.45) is 0 Å². The fraction of sp³-hybridized carbons (Fsp3) is 0. The Morgan fingerprint density at radius 2 is 1.54 bits per heavy atom. The van der Waals surface area contributed by atoms with E-state index in [1.807, 2.05) is 0 Å². The third-order valence-corrected chi connectivity index (χ3v) is 5.21. The zero-order valence-electron chi connectivity index (χ0n) is 13.1. The van der Waals surface area contributed by atoms with E-state index in [2.05, 4.69) is 4.98 Å². The third kappa shape index (κ3) is 2.27. The van der Waals surface area contributed by atoms with E-state index in [1.165, 1.54) is 24.3 Å². The van der Waals surface area contributed by atoms with Gasteiger partial charge in [0.05, 0.1) is 27.4 Å². The molecule has 0 saturated heterocycles. The molecular weight excluding hydrogens is 356 g/mol. The van der Waals surface area contributed by atoms with Crippen molar-refractivity contribution in [1.29, 1.82) is 5.41 Å². The molecule has 130 valence electrons. The molecule has 0 amide bonds. The van der Waals surface area contributed by atoms with Crippen molar-refractivity contribution >= 4 is 21.6 Å². The van der Waals surface area contributed by atoms with Gasteiger partial charge in [0.1, 0.15) is 0 Å². The van der Waals surface area contributed by atoms with Crippen molar-refractivity contribution < 1.29 is 22.9 Å². The number of nitrogens with one attached hydrogen (secondary N) is 2. The summed E-state index contributed by atoms with van der Waals surface area (Å²) in [6.07, 6.45) is 0. The summed E-state index contributed by atoms with van der Waals surface area (Å²) >= 11 is 0. The van der Waals surface area contributed by atoms with E-state index >= 15 is 0 Å². The zero-order valence-corrected chi connectivity index (χ0v) is 14.0.